The van der Waals surface area contributed by atoms with Gasteiger partial charge in [0, 0.05) is 12.8 Å². The molecule has 1 fully saturated rings. The molecule has 3 rings (SSSR count). The molecule has 0 atom stereocenters. The molecular formula is C15H19N3O. The summed E-state index contributed by atoms with van der Waals surface area (Å²) in [6.07, 6.45) is 1.64. The van der Waals surface area contributed by atoms with Gasteiger partial charge in [-0.1, -0.05) is 23.4 Å². The van der Waals surface area contributed by atoms with Gasteiger partial charge < -0.3 is 9.84 Å². The Morgan fingerprint density at radius 2 is 2.11 bits per heavy atom. The predicted octanol–water partition coefficient (Wildman–Crippen LogP) is 2.04. The van der Waals surface area contributed by atoms with E-state index in [1.165, 1.54) is 16.7 Å². The quantitative estimate of drug-likeness (QED) is 0.910. The minimum Gasteiger partial charge on any atom is -0.339 e. The van der Waals surface area contributed by atoms with E-state index in [2.05, 4.69) is 47.5 Å². The molecule has 0 saturated carbocycles. The summed E-state index contributed by atoms with van der Waals surface area (Å²) in [7, 11) is 0. The maximum atomic E-state index is 5.31. The number of aromatic nitrogens is 2. The van der Waals surface area contributed by atoms with Crippen molar-refractivity contribution in [2.24, 2.45) is 5.92 Å². The number of rotatable bonds is 4. The first-order valence-corrected chi connectivity index (χ1v) is 6.79. The minimum absolute atomic E-state index is 0.662. The molecule has 0 bridgehead atoms. The maximum absolute atomic E-state index is 5.31. The van der Waals surface area contributed by atoms with Crippen LogP contribution in [0.3, 0.4) is 0 Å². The molecule has 0 spiro atoms. The van der Waals surface area contributed by atoms with Gasteiger partial charge in [-0.15, -0.1) is 0 Å². The van der Waals surface area contributed by atoms with Crippen LogP contribution >= 0.6 is 0 Å². The lowest BCUT2D eigenvalue weighted by Gasteiger charge is -2.25. The molecule has 0 unspecified atom stereocenters. The molecule has 1 aromatic heterocycles. The fourth-order valence-corrected chi connectivity index (χ4v) is 2.28. The van der Waals surface area contributed by atoms with E-state index in [1.807, 2.05) is 0 Å². The molecule has 0 radical (unpaired) electrons. The second kappa shape index (κ2) is 5.13. The third-order valence-corrected chi connectivity index (χ3v) is 3.77. The number of nitrogens with zero attached hydrogens (tertiary/aromatic N) is 2. The lowest BCUT2D eigenvalue weighted by atomic mass is 10.00. The van der Waals surface area contributed by atoms with Gasteiger partial charge in [-0.2, -0.15) is 4.98 Å². The maximum Gasteiger partial charge on any atom is 0.227 e. The zero-order chi connectivity index (χ0) is 13.2. The fourth-order valence-electron chi connectivity index (χ4n) is 2.28. The van der Waals surface area contributed by atoms with Crippen molar-refractivity contribution in [3.05, 3.63) is 46.6 Å². The zero-order valence-electron chi connectivity index (χ0n) is 11.4. The zero-order valence-corrected chi connectivity index (χ0v) is 11.4. The van der Waals surface area contributed by atoms with Crippen LogP contribution in [0.15, 0.2) is 22.7 Å². The van der Waals surface area contributed by atoms with E-state index >= 15 is 0 Å². The SMILES string of the molecule is Cc1ccc(Cc2noc(CC3CNC3)n2)cc1C. The number of hydrogen-bond donors (Lipinski definition) is 1. The first-order chi connectivity index (χ1) is 9.20. The van der Waals surface area contributed by atoms with Crippen LogP contribution in [0, 0.1) is 19.8 Å². The Labute approximate surface area is 113 Å². The summed E-state index contributed by atoms with van der Waals surface area (Å²) >= 11 is 0. The van der Waals surface area contributed by atoms with E-state index in [4.69, 9.17) is 4.52 Å². The fraction of sp³-hybridized carbons (Fsp3) is 0.467. The molecule has 2 aromatic rings. The standard InChI is InChI=1S/C15H19N3O/c1-10-3-4-12(5-11(10)2)6-14-17-15(19-18-14)7-13-8-16-9-13/h3-5,13,16H,6-9H2,1-2H3. The summed E-state index contributed by atoms with van der Waals surface area (Å²) in [5.41, 5.74) is 3.86. The number of hydrogen-bond acceptors (Lipinski definition) is 4. The highest BCUT2D eigenvalue weighted by Crippen LogP contribution is 2.15. The normalized spacial score (nSPS) is 15.5. The van der Waals surface area contributed by atoms with Gasteiger partial charge in [-0.05, 0) is 49.5 Å². The third kappa shape index (κ3) is 2.84. The Kier molecular flexibility index (Phi) is 3.34. The highest BCUT2D eigenvalue weighted by molar-refractivity contribution is 5.31. The Hall–Kier alpha value is -1.68. The summed E-state index contributed by atoms with van der Waals surface area (Å²) in [4.78, 5) is 4.47. The average molecular weight is 257 g/mol. The van der Waals surface area contributed by atoms with Gasteiger partial charge in [-0.25, -0.2) is 0 Å². The van der Waals surface area contributed by atoms with Crippen molar-refractivity contribution < 1.29 is 4.52 Å². The Balaban J connectivity index is 1.67. The highest BCUT2D eigenvalue weighted by Gasteiger charge is 2.20. The Bertz CT molecular complexity index is 573. The van der Waals surface area contributed by atoms with Crippen molar-refractivity contribution in [1.82, 2.24) is 15.5 Å². The van der Waals surface area contributed by atoms with E-state index in [9.17, 15) is 0 Å². The molecule has 4 heteroatoms. The topological polar surface area (TPSA) is 51.0 Å². The van der Waals surface area contributed by atoms with Crippen molar-refractivity contribution in [1.29, 1.82) is 0 Å². The van der Waals surface area contributed by atoms with Gasteiger partial charge in [0.05, 0.1) is 0 Å². The van der Waals surface area contributed by atoms with Crippen LogP contribution in [0.4, 0.5) is 0 Å². The first kappa shape index (κ1) is 12.4. The van der Waals surface area contributed by atoms with Gasteiger partial charge in [0.25, 0.3) is 0 Å². The minimum atomic E-state index is 0.662. The van der Waals surface area contributed by atoms with Crippen molar-refractivity contribution >= 4 is 0 Å². The Morgan fingerprint density at radius 1 is 1.26 bits per heavy atom. The lowest BCUT2D eigenvalue weighted by molar-refractivity contribution is 0.295. The molecule has 1 N–H and O–H groups in total. The molecule has 0 amide bonds. The molecule has 4 nitrogen and oxygen atoms in total. The summed E-state index contributed by atoms with van der Waals surface area (Å²) in [6.45, 7) is 6.38. The van der Waals surface area contributed by atoms with E-state index < -0.39 is 0 Å². The van der Waals surface area contributed by atoms with Crippen LogP contribution in [0.2, 0.25) is 0 Å². The van der Waals surface area contributed by atoms with Gasteiger partial charge in [0.15, 0.2) is 5.82 Å². The third-order valence-electron chi connectivity index (χ3n) is 3.77. The molecule has 0 aliphatic carbocycles. The molecule has 19 heavy (non-hydrogen) atoms. The van der Waals surface area contributed by atoms with Gasteiger partial charge >= 0.3 is 0 Å². The molecular weight excluding hydrogens is 238 g/mol. The van der Waals surface area contributed by atoms with Crippen molar-refractivity contribution in [3.63, 3.8) is 0 Å². The number of nitrogens with one attached hydrogen (secondary N) is 1. The molecule has 100 valence electrons. The summed E-state index contributed by atoms with van der Waals surface area (Å²) in [5.74, 6) is 2.21. The van der Waals surface area contributed by atoms with Crippen LogP contribution in [-0.4, -0.2) is 23.2 Å². The van der Waals surface area contributed by atoms with Crippen LogP contribution in [0.25, 0.3) is 0 Å². The number of aryl methyl sites for hydroxylation is 2. The first-order valence-electron chi connectivity index (χ1n) is 6.79. The van der Waals surface area contributed by atoms with Crippen LogP contribution in [-0.2, 0) is 12.8 Å². The highest BCUT2D eigenvalue weighted by atomic mass is 16.5. The molecule has 1 saturated heterocycles. The van der Waals surface area contributed by atoms with Gasteiger partial charge in [0.1, 0.15) is 0 Å². The second-order valence-electron chi connectivity index (χ2n) is 5.43. The largest absolute Gasteiger partial charge is 0.339 e. The van der Waals surface area contributed by atoms with E-state index in [0.29, 0.717) is 5.92 Å². The molecule has 1 aliphatic rings. The molecule has 1 aromatic carbocycles. The molecule has 1 aliphatic heterocycles. The van der Waals surface area contributed by atoms with E-state index in [0.717, 1.165) is 37.6 Å². The Morgan fingerprint density at radius 3 is 2.79 bits per heavy atom. The summed E-state index contributed by atoms with van der Waals surface area (Å²) in [6, 6.07) is 6.47. The average Bonchev–Trinajstić information content (AvgIpc) is 2.76. The van der Waals surface area contributed by atoms with Crippen LogP contribution in [0.5, 0.6) is 0 Å². The summed E-state index contributed by atoms with van der Waals surface area (Å²) < 4.78 is 5.31. The lowest BCUT2D eigenvalue weighted by Crippen LogP contribution is -2.43. The van der Waals surface area contributed by atoms with Crippen LogP contribution < -0.4 is 5.32 Å². The van der Waals surface area contributed by atoms with Gasteiger partial charge in [-0.3, -0.25) is 0 Å². The van der Waals surface area contributed by atoms with Crippen molar-refractivity contribution in [3.8, 4) is 0 Å². The van der Waals surface area contributed by atoms with Crippen molar-refractivity contribution in [2.75, 3.05) is 13.1 Å². The summed E-state index contributed by atoms with van der Waals surface area (Å²) in [5, 5.41) is 7.32. The number of benzene rings is 1. The van der Waals surface area contributed by atoms with Gasteiger partial charge in [0.2, 0.25) is 5.89 Å². The monoisotopic (exact) mass is 257 g/mol. The van der Waals surface area contributed by atoms with Crippen LogP contribution in [0.1, 0.15) is 28.4 Å². The predicted molar refractivity (Wildman–Crippen MR) is 73.1 cm³/mol. The van der Waals surface area contributed by atoms with Crippen molar-refractivity contribution in [2.45, 2.75) is 26.7 Å². The van der Waals surface area contributed by atoms with E-state index in [-0.39, 0.29) is 0 Å². The molecule has 2 heterocycles. The van der Waals surface area contributed by atoms with E-state index in [1.54, 1.807) is 0 Å². The second-order valence-corrected chi connectivity index (χ2v) is 5.43. The smallest absolute Gasteiger partial charge is 0.227 e.